The minimum Gasteiger partial charge on any atom is -0.379 e. The van der Waals surface area contributed by atoms with Gasteiger partial charge in [0, 0.05) is 59.8 Å². The molecule has 2 aliphatic heterocycles. The molecule has 2 fully saturated rings. The molecule has 2 aliphatic rings. The van der Waals surface area contributed by atoms with Crippen LogP contribution in [0.25, 0.3) is 0 Å². The summed E-state index contributed by atoms with van der Waals surface area (Å²) in [6.07, 6.45) is 2.38. The first-order valence-electron chi connectivity index (χ1n) is 9.77. The van der Waals surface area contributed by atoms with Crippen LogP contribution in [-0.4, -0.2) is 106 Å². The smallest absolute Gasteiger partial charge is 0.243 e. The molecule has 2 saturated heterocycles. The zero-order chi connectivity index (χ0) is 19.6. The number of likely N-dealkylation sites (tertiary alicyclic amines) is 1. The second-order valence-electron chi connectivity index (χ2n) is 7.43. The number of nitrogens with zero attached hydrogens (tertiary/aromatic N) is 4. The summed E-state index contributed by atoms with van der Waals surface area (Å²) in [5, 5.41) is 3.41. The van der Waals surface area contributed by atoms with Gasteiger partial charge in [-0.3, -0.25) is 14.5 Å². The van der Waals surface area contributed by atoms with Crippen molar-refractivity contribution in [2.24, 2.45) is 16.6 Å². The average Bonchev–Trinajstić information content (AvgIpc) is 2.64. The molecule has 0 bridgehead atoms. The lowest BCUT2D eigenvalue weighted by Gasteiger charge is -2.35. The van der Waals surface area contributed by atoms with Gasteiger partial charge in [-0.2, -0.15) is 0 Å². The van der Waals surface area contributed by atoms with Gasteiger partial charge in [0.15, 0.2) is 5.96 Å². The number of aliphatic imine (C=N–C) groups is 1. The van der Waals surface area contributed by atoms with Crippen LogP contribution in [0.15, 0.2) is 4.99 Å². The van der Waals surface area contributed by atoms with Crippen molar-refractivity contribution in [2.45, 2.75) is 19.3 Å². The number of likely N-dealkylation sites (N-methyl/N-ethyl adjacent to an activating group) is 1. The van der Waals surface area contributed by atoms with Crippen molar-refractivity contribution in [3.8, 4) is 0 Å². The summed E-state index contributed by atoms with van der Waals surface area (Å²) in [5.74, 6) is 0.691. The fraction of sp³-hybridized carbons (Fsp3) is 0.833. The van der Waals surface area contributed by atoms with Crippen molar-refractivity contribution < 1.29 is 14.3 Å². The number of morpholine rings is 1. The molecule has 162 valence electrons. The van der Waals surface area contributed by atoms with E-state index in [0.29, 0.717) is 6.42 Å². The molecular formula is C18H35IN6O3. The van der Waals surface area contributed by atoms with Crippen molar-refractivity contribution >= 4 is 41.8 Å². The van der Waals surface area contributed by atoms with Crippen LogP contribution >= 0.6 is 24.0 Å². The van der Waals surface area contributed by atoms with E-state index in [1.54, 1.807) is 19.0 Å². The molecule has 1 atom stereocenters. The second kappa shape index (κ2) is 13.2. The second-order valence-corrected chi connectivity index (χ2v) is 7.43. The van der Waals surface area contributed by atoms with Gasteiger partial charge in [0.25, 0.3) is 0 Å². The third-order valence-electron chi connectivity index (χ3n) is 4.99. The molecule has 1 unspecified atom stereocenters. The minimum atomic E-state index is -0.261. The molecule has 0 radical (unpaired) electrons. The van der Waals surface area contributed by atoms with Gasteiger partial charge in [0.05, 0.1) is 13.2 Å². The minimum absolute atomic E-state index is 0. The quantitative estimate of drug-likeness (QED) is 0.274. The molecule has 0 aromatic carbocycles. The van der Waals surface area contributed by atoms with Crippen LogP contribution in [0.2, 0.25) is 0 Å². The summed E-state index contributed by atoms with van der Waals surface area (Å²) >= 11 is 0. The Morgan fingerprint density at radius 2 is 1.96 bits per heavy atom. The van der Waals surface area contributed by atoms with Crippen LogP contribution in [-0.2, 0) is 14.3 Å². The van der Waals surface area contributed by atoms with Crippen LogP contribution < -0.4 is 11.1 Å². The van der Waals surface area contributed by atoms with E-state index in [0.717, 1.165) is 71.3 Å². The third-order valence-corrected chi connectivity index (χ3v) is 4.99. The lowest BCUT2D eigenvalue weighted by Crippen LogP contribution is -2.49. The maximum Gasteiger partial charge on any atom is 0.243 e. The molecule has 0 spiro atoms. The molecule has 0 saturated carbocycles. The molecule has 2 rings (SSSR count). The highest BCUT2D eigenvalue weighted by atomic mass is 127. The number of guanidine groups is 1. The number of carbonyl (C=O) groups excluding carboxylic acids is 2. The Labute approximate surface area is 185 Å². The van der Waals surface area contributed by atoms with Gasteiger partial charge in [-0.1, -0.05) is 0 Å². The highest BCUT2D eigenvalue weighted by Crippen LogP contribution is 2.19. The Bertz CT molecular complexity index is 525. The van der Waals surface area contributed by atoms with Gasteiger partial charge in [-0.05, 0) is 18.8 Å². The van der Waals surface area contributed by atoms with Gasteiger partial charge in [-0.15, -0.1) is 24.0 Å². The van der Waals surface area contributed by atoms with E-state index in [1.165, 1.54) is 0 Å². The summed E-state index contributed by atoms with van der Waals surface area (Å²) in [4.78, 5) is 33.8. The lowest BCUT2D eigenvalue weighted by atomic mass is 9.95. The van der Waals surface area contributed by atoms with Crippen LogP contribution in [0, 0.1) is 5.92 Å². The Hall–Kier alpha value is -1.14. The van der Waals surface area contributed by atoms with Crippen molar-refractivity contribution in [1.29, 1.82) is 0 Å². The number of carbonyl (C=O) groups is 2. The summed E-state index contributed by atoms with van der Waals surface area (Å²) < 4.78 is 5.38. The maximum absolute atomic E-state index is 12.0. The van der Waals surface area contributed by atoms with Crippen LogP contribution in [0.1, 0.15) is 19.3 Å². The summed E-state index contributed by atoms with van der Waals surface area (Å²) in [6.45, 7) is 6.82. The summed E-state index contributed by atoms with van der Waals surface area (Å²) in [5.41, 5.74) is 5.37. The van der Waals surface area contributed by atoms with Gasteiger partial charge in [0.1, 0.15) is 6.54 Å². The predicted molar refractivity (Wildman–Crippen MR) is 120 cm³/mol. The normalized spacial score (nSPS) is 21.0. The van der Waals surface area contributed by atoms with E-state index in [2.05, 4.69) is 20.1 Å². The Morgan fingerprint density at radius 1 is 1.25 bits per heavy atom. The van der Waals surface area contributed by atoms with E-state index in [4.69, 9.17) is 10.5 Å². The Morgan fingerprint density at radius 3 is 2.61 bits per heavy atom. The predicted octanol–water partition coefficient (Wildman–Crippen LogP) is -0.442. The number of amides is 2. The monoisotopic (exact) mass is 510 g/mol. The molecule has 2 amide bonds. The van der Waals surface area contributed by atoms with Gasteiger partial charge in [0.2, 0.25) is 11.8 Å². The summed E-state index contributed by atoms with van der Waals surface area (Å²) in [6, 6.07) is 0. The van der Waals surface area contributed by atoms with Crippen molar-refractivity contribution in [2.75, 3.05) is 73.1 Å². The molecule has 0 aromatic heterocycles. The zero-order valence-electron chi connectivity index (χ0n) is 17.1. The topological polar surface area (TPSA) is 104 Å². The number of primary amides is 1. The van der Waals surface area contributed by atoms with Crippen molar-refractivity contribution in [1.82, 2.24) is 20.0 Å². The Balaban J connectivity index is 0.00000392. The summed E-state index contributed by atoms with van der Waals surface area (Å²) in [7, 11) is 3.46. The number of rotatable bonds is 7. The lowest BCUT2D eigenvalue weighted by molar-refractivity contribution is -0.127. The molecule has 10 heteroatoms. The fourth-order valence-corrected chi connectivity index (χ4v) is 3.41. The van der Waals surface area contributed by atoms with Crippen molar-refractivity contribution in [3.63, 3.8) is 0 Å². The van der Waals surface area contributed by atoms with E-state index >= 15 is 0 Å². The molecule has 0 aromatic rings. The number of nitrogens with two attached hydrogens (primary N) is 1. The van der Waals surface area contributed by atoms with E-state index < -0.39 is 0 Å². The molecule has 9 nitrogen and oxygen atoms in total. The van der Waals surface area contributed by atoms with E-state index in [-0.39, 0.29) is 48.3 Å². The SMILES string of the molecule is CN(C)C(=O)CN=C(NCCN1CCOCC1)N1CCCC(CC(N)=O)C1.I. The first-order valence-corrected chi connectivity index (χ1v) is 9.77. The van der Waals surface area contributed by atoms with E-state index in [9.17, 15) is 9.59 Å². The molecule has 2 heterocycles. The first kappa shape index (κ1) is 24.9. The maximum atomic E-state index is 12.0. The number of hydrogen-bond donors (Lipinski definition) is 2. The van der Waals surface area contributed by atoms with Crippen LogP contribution in [0.5, 0.6) is 0 Å². The van der Waals surface area contributed by atoms with Crippen molar-refractivity contribution in [3.05, 3.63) is 0 Å². The first-order chi connectivity index (χ1) is 13.0. The fourth-order valence-electron chi connectivity index (χ4n) is 3.41. The average molecular weight is 510 g/mol. The number of hydrogen-bond acceptors (Lipinski definition) is 5. The highest BCUT2D eigenvalue weighted by Gasteiger charge is 2.24. The standard InChI is InChI=1S/C18H34N6O3.HI/c1-22(2)17(26)13-21-18(20-5-7-23-8-10-27-11-9-23)24-6-3-4-15(14-24)12-16(19)25;/h15H,3-14H2,1-2H3,(H2,19,25)(H,20,21);1H. The highest BCUT2D eigenvalue weighted by molar-refractivity contribution is 14.0. The number of piperidine rings is 1. The molecule has 0 aliphatic carbocycles. The van der Waals surface area contributed by atoms with Gasteiger partial charge in [-0.25, -0.2) is 4.99 Å². The zero-order valence-corrected chi connectivity index (χ0v) is 19.4. The largest absolute Gasteiger partial charge is 0.379 e. The van der Waals surface area contributed by atoms with E-state index in [1.807, 2.05) is 0 Å². The third kappa shape index (κ3) is 8.91. The molecule has 28 heavy (non-hydrogen) atoms. The van der Waals surface area contributed by atoms with Crippen LogP contribution in [0.4, 0.5) is 0 Å². The van der Waals surface area contributed by atoms with Gasteiger partial charge < -0.3 is 25.6 Å². The number of ether oxygens (including phenoxy) is 1. The van der Waals surface area contributed by atoms with Crippen LogP contribution in [0.3, 0.4) is 0 Å². The number of halogens is 1. The Kier molecular flexibility index (Phi) is 11.7. The van der Waals surface area contributed by atoms with Gasteiger partial charge >= 0.3 is 0 Å². The number of nitrogens with one attached hydrogen (secondary N) is 1. The molecular weight excluding hydrogens is 475 g/mol. The molecule has 3 N–H and O–H groups in total.